The standard InChI is InChI=1S/C11H19NO4/c1-14-10(13)9-3-5-12(9)7-11(15-2)4-6-16-8-11/h9H,3-8H2,1-2H3. The number of rotatable bonds is 4. The van der Waals surface area contributed by atoms with Crippen molar-refractivity contribution in [3.8, 4) is 0 Å². The number of nitrogens with zero attached hydrogens (tertiary/aromatic N) is 1. The van der Waals surface area contributed by atoms with Crippen LogP contribution in [0, 0.1) is 0 Å². The Morgan fingerprint density at radius 2 is 2.38 bits per heavy atom. The van der Waals surface area contributed by atoms with E-state index in [-0.39, 0.29) is 17.6 Å². The van der Waals surface area contributed by atoms with Gasteiger partial charge in [-0.05, 0) is 6.42 Å². The number of hydrogen-bond donors (Lipinski definition) is 0. The fourth-order valence-electron chi connectivity index (χ4n) is 2.34. The summed E-state index contributed by atoms with van der Waals surface area (Å²) in [5, 5.41) is 0. The lowest BCUT2D eigenvalue weighted by molar-refractivity contribution is -0.155. The number of likely N-dealkylation sites (tertiary alicyclic amines) is 1. The predicted octanol–water partition coefficient (Wildman–Crippen LogP) is 0.0392. The number of esters is 1. The van der Waals surface area contributed by atoms with Gasteiger partial charge in [0.1, 0.15) is 11.6 Å². The van der Waals surface area contributed by atoms with Crippen LogP contribution in [0.25, 0.3) is 0 Å². The Morgan fingerprint density at radius 3 is 2.81 bits per heavy atom. The highest BCUT2D eigenvalue weighted by Crippen LogP contribution is 2.28. The van der Waals surface area contributed by atoms with E-state index >= 15 is 0 Å². The van der Waals surface area contributed by atoms with Gasteiger partial charge in [0.15, 0.2) is 0 Å². The molecule has 0 spiro atoms. The van der Waals surface area contributed by atoms with Gasteiger partial charge in [0.25, 0.3) is 0 Å². The molecule has 0 aliphatic carbocycles. The molecule has 0 N–H and O–H groups in total. The van der Waals surface area contributed by atoms with Crippen molar-refractivity contribution in [2.75, 3.05) is 40.5 Å². The molecule has 0 aromatic rings. The van der Waals surface area contributed by atoms with E-state index in [0.29, 0.717) is 6.61 Å². The number of carbonyl (C=O) groups excluding carboxylic acids is 1. The van der Waals surface area contributed by atoms with Crippen LogP contribution in [0.15, 0.2) is 0 Å². The zero-order valence-electron chi connectivity index (χ0n) is 9.90. The monoisotopic (exact) mass is 229 g/mol. The van der Waals surface area contributed by atoms with Gasteiger partial charge in [0.05, 0.1) is 13.7 Å². The topological polar surface area (TPSA) is 48.0 Å². The third kappa shape index (κ3) is 2.07. The molecular weight excluding hydrogens is 210 g/mol. The van der Waals surface area contributed by atoms with Crippen LogP contribution in [-0.4, -0.2) is 63.0 Å². The van der Waals surface area contributed by atoms with Gasteiger partial charge >= 0.3 is 5.97 Å². The van der Waals surface area contributed by atoms with Crippen LogP contribution < -0.4 is 0 Å². The molecule has 2 unspecified atom stereocenters. The first-order chi connectivity index (χ1) is 7.71. The SMILES string of the molecule is COC(=O)C1CCN1CC1(OC)CCOC1. The van der Waals surface area contributed by atoms with Crippen molar-refractivity contribution < 1.29 is 19.0 Å². The Bertz CT molecular complexity index is 263. The van der Waals surface area contributed by atoms with E-state index in [1.807, 2.05) is 0 Å². The molecule has 2 saturated heterocycles. The Kier molecular flexibility index (Phi) is 3.47. The van der Waals surface area contributed by atoms with E-state index in [1.165, 1.54) is 7.11 Å². The van der Waals surface area contributed by atoms with E-state index in [2.05, 4.69) is 4.90 Å². The average molecular weight is 229 g/mol. The van der Waals surface area contributed by atoms with Crippen molar-refractivity contribution >= 4 is 5.97 Å². The van der Waals surface area contributed by atoms with E-state index in [0.717, 1.165) is 32.5 Å². The zero-order chi connectivity index (χ0) is 11.6. The minimum atomic E-state index is -0.229. The Balaban J connectivity index is 1.91. The van der Waals surface area contributed by atoms with Gasteiger partial charge < -0.3 is 14.2 Å². The first-order valence-electron chi connectivity index (χ1n) is 5.65. The molecule has 5 heteroatoms. The third-order valence-corrected chi connectivity index (χ3v) is 3.60. The third-order valence-electron chi connectivity index (χ3n) is 3.60. The Hall–Kier alpha value is -0.650. The van der Waals surface area contributed by atoms with Crippen LogP contribution in [0.1, 0.15) is 12.8 Å². The van der Waals surface area contributed by atoms with Gasteiger partial charge in [-0.15, -0.1) is 0 Å². The molecule has 2 aliphatic rings. The summed E-state index contributed by atoms with van der Waals surface area (Å²) in [5.41, 5.74) is -0.229. The van der Waals surface area contributed by atoms with Crippen molar-refractivity contribution in [2.45, 2.75) is 24.5 Å². The van der Waals surface area contributed by atoms with Crippen molar-refractivity contribution in [1.29, 1.82) is 0 Å². The minimum Gasteiger partial charge on any atom is -0.468 e. The van der Waals surface area contributed by atoms with Gasteiger partial charge in [-0.1, -0.05) is 0 Å². The molecule has 92 valence electrons. The summed E-state index contributed by atoms with van der Waals surface area (Å²) in [6.07, 6.45) is 1.78. The summed E-state index contributed by atoms with van der Waals surface area (Å²) in [6, 6.07) is -0.0855. The molecule has 0 aromatic carbocycles. The Morgan fingerprint density at radius 1 is 1.56 bits per heavy atom. The van der Waals surface area contributed by atoms with Crippen LogP contribution in [0.5, 0.6) is 0 Å². The van der Waals surface area contributed by atoms with Gasteiger partial charge in [0.2, 0.25) is 0 Å². The normalized spacial score (nSPS) is 34.8. The molecule has 0 amide bonds. The second-order valence-electron chi connectivity index (χ2n) is 4.49. The number of ether oxygens (including phenoxy) is 3. The van der Waals surface area contributed by atoms with Crippen LogP contribution in [-0.2, 0) is 19.0 Å². The molecule has 2 atom stereocenters. The number of hydrogen-bond acceptors (Lipinski definition) is 5. The molecule has 5 nitrogen and oxygen atoms in total. The van der Waals surface area contributed by atoms with Crippen molar-refractivity contribution in [1.82, 2.24) is 4.90 Å². The Labute approximate surface area is 95.6 Å². The molecule has 0 aromatic heterocycles. The van der Waals surface area contributed by atoms with Gasteiger partial charge in [-0.3, -0.25) is 9.69 Å². The fraction of sp³-hybridized carbons (Fsp3) is 0.909. The summed E-state index contributed by atoms with van der Waals surface area (Å²) in [4.78, 5) is 13.6. The lowest BCUT2D eigenvalue weighted by atomic mass is 9.96. The summed E-state index contributed by atoms with van der Waals surface area (Å²) < 4.78 is 15.7. The van der Waals surface area contributed by atoms with Gasteiger partial charge in [-0.2, -0.15) is 0 Å². The first kappa shape index (κ1) is 11.8. The highest BCUT2D eigenvalue weighted by atomic mass is 16.6. The molecule has 2 heterocycles. The molecule has 0 bridgehead atoms. The second-order valence-corrected chi connectivity index (χ2v) is 4.49. The summed E-state index contributed by atoms with van der Waals surface area (Å²) in [7, 11) is 3.14. The summed E-state index contributed by atoms with van der Waals surface area (Å²) >= 11 is 0. The molecule has 0 saturated carbocycles. The quantitative estimate of drug-likeness (QED) is 0.637. The molecular formula is C11H19NO4. The van der Waals surface area contributed by atoms with Gasteiger partial charge in [0, 0.05) is 33.2 Å². The van der Waals surface area contributed by atoms with Crippen molar-refractivity contribution in [3.63, 3.8) is 0 Å². The van der Waals surface area contributed by atoms with Crippen LogP contribution in [0.4, 0.5) is 0 Å². The number of methoxy groups -OCH3 is 2. The maximum atomic E-state index is 11.4. The van der Waals surface area contributed by atoms with E-state index in [4.69, 9.17) is 14.2 Å². The second kappa shape index (κ2) is 4.69. The molecule has 16 heavy (non-hydrogen) atoms. The van der Waals surface area contributed by atoms with Crippen molar-refractivity contribution in [3.05, 3.63) is 0 Å². The number of carbonyl (C=O) groups is 1. The average Bonchev–Trinajstić information content (AvgIpc) is 2.73. The highest BCUT2D eigenvalue weighted by Gasteiger charge is 2.43. The lowest BCUT2D eigenvalue weighted by Crippen LogP contribution is -2.58. The van der Waals surface area contributed by atoms with Crippen LogP contribution in [0.2, 0.25) is 0 Å². The van der Waals surface area contributed by atoms with E-state index < -0.39 is 0 Å². The lowest BCUT2D eigenvalue weighted by Gasteiger charge is -2.43. The van der Waals surface area contributed by atoms with E-state index in [1.54, 1.807) is 7.11 Å². The molecule has 2 aliphatic heterocycles. The largest absolute Gasteiger partial charge is 0.468 e. The summed E-state index contributed by atoms with van der Waals surface area (Å²) in [5.74, 6) is -0.142. The maximum absolute atomic E-state index is 11.4. The van der Waals surface area contributed by atoms with Crippen molar-refractivity contribution in [2.24, 2.45) is 0 Å². The maximum Gasteiger partial charge on any atom is 0.323 e. The predicted molar refractivity (Wildman–Crippen MR) is 57.2 cm³/mol. The first-order valence-corrected chi connectivity index (χ1v) is 5.65. The van der Waals surface area contributed by atoms with Gasteiger partial charge in [-0.25, -0.2) is 0 Å². The van der Waals surface area contributed by atoms with Crippen LogP contribution in [0.3, 0.4) is 0 Å². The zero-order valence-corrected chi connectivity index (χ0v) is 9.90. The highest BCUT2D eigenvalue weighted by molar-refractivity contribution is 5.76. The minimum absolute atomic E-state index is 0.0855. The summed E-state index contributed by atoms with van der Waals surface area (Å²) in [6.45, 7) is 3.05. The smallest absolute Gasteiger partial charge is 0.323 e. The molecule has 2 fully saturated rings. The molecule has 2 rings (SSSR count). The fourth-order valence-corrected chi connectivity index (χ4v) is 2.34. The van der Waals surface area contributed by atoms with E-state index in [9.17, 15) is 4.79 Å². The molecule has 0 radical (unpaired) electrons. The van der Waals surface area contributed by atoms with Crippen LogP contribution >= 0.6 is 0 Å².